The Labute approximate surface area is 114 Å². The molecule has 1 aromatic rings. The third kappa shape index (κ3) is 3.48. The Morgan fingerprint density at radius 3 is 2.84 bits per heavy atom. The van der Waals surface area contributed by atoms with Crippen molar-refractivity contribution in [3.8, 4) is 0 Å². The predicted molar refractivity (Wildman–Crippen MR) is 69.1 cm³/mol. The van der Waals surface area contributed by atoms with E-state index in [1.54, 1.807) is 0 Å². The molecule has 1 fully saturated rings. The van der Waals surface area contributed by atoms with Crippen molar-refractivity contribution in [1.82, 2.24) is 19.8 Å². The van der Waals surface area contributed by atoms with E-state index in [9.17, 15) is 9.59 Å². The van der Waals surface area contributed by atoms with Gasteiger partial charge in [-0.2, -0.15) is 0 Å². The highest BCUT2D eigenvalue weighted by Crippen LogP contribution is 2.25. The van der Waals surface area contributed by atoms with Gasteiger partial charge in [-0.25, -0.2) is 0 Å². The maximum atomic E-state index is 11.7. The summed E-state index contributed by atoms with van der Waals surface area (Å²) in [6.07, 6.45) is 3.02. The summed E-state index contributed by atoms with van der Waals surface area (Å²) in [5.74, 6) is -0.968. The zero-order valence-electron chi connectivity index (χ0n) is 10.6. The van der Waals surface area contributed by atoms with E-state index in [0.717, 1.165) is 24.4 Å². The molecule has 19 heavy (non-hydrogen) atoms. The van der Waals surface area contributed by atoms with Crippen LogP contribution in [-0.2, 0) is 4.79 Å². The second-order valence-electron chi connectivity index (χ2n) is 4.53. The molecule has 0 radical (unpaired) electrons. The number of nitrogens with zero attached hydrogens (tertiary/aromatic N) is 3. The first-order valence-corrected chi connectivity index (χ1v) is 6.91. The number of carbonyl (C=O) groups excluding carboxylic acids is 1. The molecular weight excluding hydrogens is 268 g/mol. The number of aliphatic carboxylic acids is 1. The van der Waals surface area contributed by atoms with Gasteiger partial charge in [0.15, 0.2) is 0 Å². The van der Waals surface area contributed by atoms with Gasteiger partial charge in [0.25, 0.3) is 5.91 Å². The summed E-state index contributed by atoms with van der Waals surface area (Å²) in [5, 5.41) is 15.3. The first-order chi connectivity index (χ1) is 9.10. The monoisotopic (exact) mass is 284 g/mol. The Hall–Kier alpha value is -1.54. The van der Waals surface area contributed by atoms with Crippen LogP contribution in [0.2, 0.25) is 0 Å². The summed E-state index contributed by atoms with van der Waals surface area (Å²) >= 11 is 1.07. The fourth-order valence-electron chi connectivity index (χ4n) is 2.20. The van der Waals surface area contributed by atoms with Gasteiger partial charge < -0.3 is 10.4 Å². The van der Waals surface area contributed by atoms with Crippen molar-refractivity contribution >= 4 is 23.4 Å². The second-order valence-corrected chi connectivity index (χ2v) is 5.32. The highest BCUT2D eigenvalue weighted by atomic mass is 32.1. The molecule has 0 unspecified atom stereocenters. The molecule has 2 rings (SSSR count). The topological polar surface area (TPSA) is 95.4 Å². The smallest absolute Gasteiger partial charge is 0.317 e. The quantitative estimate of drug-likeness (QED) is 0.775. The third-order valence-electron chi connectivity index (χ3n) is 3.29. The molecule has 0 aromatic carbocycles. The van der Waals surface area contributed by atoms with Crippen LogP contribution in [0.5, 0.6) is 0 Å². The van der Waals surface area contributed by atoms with Crippen molar-refractivity contribution in [2.75, 3.05) is 13.1 Å². The number of amides is 1. The Morgan fingerprint density at radius 2 is 2.32 bits per heavy atom. The maximum Gasteiger partial charge on any atom is 0.317 e. The highest BCUT2D eigenvalue weighted by Gasteiger charge is 2.34. The average molecular weight is 284 g/mol. The fraction of sp³-hybridized carbons (Fsp3) is 0.636. The number of hydrogen-bond acceptors (Lipinski definition) is 6. The molecule has 2 N–H and O–H groups in total. The van der Waals surface area contributed by atoms with E-state index >= 15 is 0 Å². The van der Waals surface area contributed by atoms with Gasteiger partial charge in [0.2, 0.25) is 0 Å². The summed E-state index contributed by atoms with van der Waals surface area (Å²) in [7, 11) is 0. The number of hydrogen-bond donors (Lipinski definition) is 2. The van der Waals surface area contributed by atoms with E-state index in [1.165, 1.54) is 6.20 Å². The lowest BCUT2D eigenvalue weighted by Crippen LogP contribution is -2.54. The van der Waals surface area contributed by atoms with Crippen LogP contribution in [0.4, 0.5) is 0 Å². The summed E-state index contributed by atoms with van der Waals surface area (Å²) < 4.78 is 3.64. The van der Waals surface area contributed by atoms with Crippen molar-refractivity contribution in [3.05, 3.63) is 11.1 Å². The summed E-state index contributed by atoms with van der Waals surface area (Å²) in [6.45, 7) is 2.70. The van der Waals surface area contributed by atoms with E-state index in [1.807, 2.05) is 11.8 Å². The number of aromatic nitrogens is 2. The average Bonchev–Trinajstić information content (AvgIpc) is 2.83. The molecule has 8 heteroatoms. The molecule has 0 bridgehead atoms. The summed E-state index contributed by atoms with van der Waals surface area (Å²) in [5.41, 5.74) is 0. The largest absolute Gasteiger partial charge is 0.480 e. The number of carboxylic acids is 1. The van der Waals surface area contributed by atoms with Crippen LogP contribution in [0.15, 0.2) is 6.20 Å². The van der Waals surface area contributed by atoms with Gasteiger partial charge in [-0.15, -0.1) is 5.10 Å². The minimum Gasteiger partial charge on any atom is -0.480 e. The zero-order valence-corrected chi connectivity index (χ0v) is 11.4. The normalized spacial score (nSPS) is 22.0. The lowest BCUT2D eigenvalue weighted by atomic mass is 9.85. The van der Waals surface area contributed by atoms with Crippen LogP contribution >= 0.6 is 11.5 Å². The second kappa shape index (κ2) is 6.07. The van der Waals surface area contributed by atoms with Crippen molar-refractivity contribution in [2.45, 2.75) is 31.8 Å². The van der Waals surface area contributed by atoms with Gasteiger partial charge in [0, 0.05) is 12.1 Å². The van der Waals surface area contributed by atoms with Crippen LogP contribution < -0.4 is 5.32 Å². The SMILES string of the molecule is CCN(CC(=O)O)C1CC(NC(=O)c2cnns2)C1. The van der Waals surface area contributed by atoms with E-state index in [-0.39, 0.29) is 24.5 Å². The first-order valence-electron chi connectivity index (χ1n) is 6.14. The van der Waals surface area contributed by atoms with Crippen LogP contribution in [0.1, 0.15) is 29.4 Å². The molecule has 104 valence electrons. The zero-order chi connectivity index (χ0) is 13.8. The number of likely N-dealkylation sites (N-methyl/N-ethyl adjacent to an activating group) is 1. The minimum atomic E-state index is -0.815. The van der Waals surface area contributed by atoms with E-state index in [4.69, 9.17) is 5.11 Å². The van der Waals surface area contributed by atoms with Crippen molar-refractivity contribution < 1.29 is 14.7 Å². The molecular formula is C11H16N4O3S. The molecule has 0 saturated heterocycles. The van der Waals surface area contributed by atoms with Crippen molar-refractivity contribution in [3.63, 3.8) is 0 Å². The van der Waals surface area contributed by atoms with Crippen LogP contribution in [0, 0.1) is 0 Å². The maximum absolute atomic E-state index is 11.7. The molecule has 0 atom stereocenters. The molecule has 1 amide bonds. The molecule has 1 saturated carbocycles. The van der Waals surface area contributed by atoms with Gasteiger partial charge >= 0.3 is 5.97 Å². The Balaban J connectivity index is 1.76. The lowest BCUT2D eigenvalue weighted by Gasteiger charge is -2.42. The first kappa shape index (κ1) is 13.9. The fourth-order valence-corrected chi connectivity index (χ4v) is 2.62. The lowest BCUT2D eigenvalue weighted by molar-refractivity contribution is -0.139. The number of rotatable bonds is 6. The van der Waals surface area contributed by atoms with Gasteiger partial charge in [0.05, 0.1) is 12.7 Å². The molecule has 1 heterocycles. The molecule has 1 aliphatic carbocycles. The Morgan fingerprint density at radius 1 is 1.58 bits per heavy atom. The number of carboxylic acid groups (broad SMARTS) is 1. The number of carbonyl (C=O) groups is 2. The molecule has 0 spiro atoms. The molecule has 1 aromatic heterocycles. The van der Waals surface area contributed by atoms with Crippen molar-refractivity contribution in [1.29, 1.82) is 0 Å². The van der Waals surface area contributed by atoms with Crippen LogP contribution in [0.3, 0.4) is 0 Å². The standard InChI is InChI=1S/C11H16N4O3S/c1-2-15(6-10(16)17)8-3-7(4-8)13-11(18)9-5-12-14-19-9/h5,7-8H,2-4,6H2,1H3,(H,13,18)(H,16,17). The number of nitrogens with one attached hydrogen (secondary N) is 1. The third-order valence-corrected chi connectivity index (χ3v) is 3.96. The predicted octanol–water partition coefficient (Wildman–Crippen LogP) is 0.205. The summed E-state index contributed by atoms with van der Waals surface area (Å²) in [4.78, 5) is 24.9. The minimum absolute atomic E-state index is 0.0561. The van der Waals surface area contributed by atoms with E-state index < -0.39 is 5.97 Å². The highest BCUT2D eigenvalue weighted by molar-refractivity contribution is 7.07. The van der Waals surface area contributed by atoms with Gasteiger partial charge in [-0.05, 0) is 30.9 Å². The van der Waals surface area contributed by atoms with Crippen molar-refractivity contribution in [2.24, 2.45) is 0 Å². The summed E-state index contributed by atoms with van der Waals surface area (Å²) in [6, 6.07) is 0.355. The van der Waals surface area contributed by atoms with E-state index in [0.29, 0.717) is 11.4 Å². The molecule has 0 aliphatic heterocycles. The van der Waals surface area contributed by atoms with E-state index in [2.05, 4.69) is 14.9 Å². The Bertz CT molecular complexity index is 445. The van der Waals surface area contributed by atoms with Crippen LogP contribution in [0.25, 0.3) is 0 Å². The Kier molecular flexibility index (Phi) is 4.43. The van der Waals surface area contributed by atoms with Gasteiger partial charge in [-0.3, -0.25) is 14.5 Å². The molecule has 7 nitrogen and oxygen atoms in total. The van der Waals surface area contributed by atoms with Gasteiger partial charge in [0.1, 0.15) is 4.88 Å². The van der Waals surface area contributed by atoms with Gasteiger partial charge in [-0.1, -0.05) is 11.4 Å². The van der Waals surface area contributed by atoms with Crippen LogP contribution in [-0.4, -0.2) is 56.6 Å². The molecule has 1 aliphatic rings.